The Kier molecular flexibility index (Phi) is 5.58. The number of likely N-dealkylation sites (N-methyl/N-ethyl adjacent to an activating group) is 1. The Bertz CT molecular complexity index is 410. The predicted molar refractivity (Wildman–Crippen MR) is 68.1 cm³/mol. The van der Waals surface area contributed by atoms with Crippen molar-refractivity contribution in [3.63, 3.8) is 0 Å². The lowest BCUT2D eigenvalue weighted by molar-refractivity contribution is -0.122. The van der Waals surface area contributed by atoms with Crippen LogP contribution >= 0.6 is 0 Å². The summed E-state index contributed by atoms with van der Waals surface area (Å²) in [6, 6.07) is 4.39. The molecule has 1 unspecified atom stereocenters. The maximum atomic E-state index is 13.2. The van der Waals surface area contributed by atoms with Gasteiger partial charge in [-0.3, -0.25) is 4.79 Å². The molecule has 0 radical (unpaired) electrons. The molecule has 1 aromatic rings. The van der Waals surface area contributed by atoms with Crippen molar-refractivity contribution in [2.75, 3.05) is 20.2 Å². The Labute approximate surface area is 107 Å². The van der Waals surface area contributed by atoms with Crippen LogP contribution in [0.5, 0.6) is 5.75 Å². The molecule has 1 atom stereocenters. The van der Waals surface area contributed by atoms with Crippen molar-refractivity contribution >= 4 is 5.91 Å². The van der Waals surface area contributed by atoms with Gasteiger partial charge in [-0.05, 0) is 19.5 Å². The molecule has 2 N–H and O–H groups in total. The maximum absolute atomic E-state index is 13.2. The van der Waals surface area contributed by atoms with Crippen molar-refractivity contribution in [2.24, 2.45) is 0 Å². The van der Waals surface area contributed by atoms with Crippen molar-refractivity contribution in [3.05, 3.63) is 29.6 Å². The molecule has 100 valence electrons. The number of benzene rings is 1. The van der Waals surface area contributed by atoms with E-state index in [9.17, 15) is 9.18 Å². The molecule has 4 nitrogen and oxygen atoms in total. The fraction of sp³-hybridized carbons (Fsp3) is 0.462. The second-order valence-electron chi connectivity index (χ2n) is 3.92. The number of carbonyl (C=O) groups is 1. The van der Waals surface area contributed by atoms with Crippen molar-refractivity contribution in [1.82, 2.24) is 10.6 Å². The van der Waals surface area contributed by atoms with Crippen LogP contribution in [0.2, 0.25) is 0 Å². The van der Waals surface area contributed by atoms with E-state index in [-0.39, 0.29) is 24.4 Å². The predicted octanol–water partition coefficient (Wildman–Crippen LogP) is 1.62. The molecule has 0 saturated heterocycles. The highest BCUT2D eigenvalue weighted by Crippen LogP contribution is 2.26. The molecule has 1 amide bonds. The Morgan fingerprint density at radius 1 is 1.50 bits per heavy atom. The monoisotopic (exact) mass is 254 g/mol. The number of rotatable bonds is 6. The zero-order chi connectivity index (χ0) is 13.5. The third-order valence-electron chi connectivity index (χ3n) is 2.59. The molecule has 1 aromatic carbocycles. The zero-order valence-corrected chi connectivity index (χ0v) is 10.9. The lowest BCUT2D eigenvalue weighted by atomic mass is 10.1. The fourth-order valence-electron chi connectivity index (χ4n) is 1.62. The molecule has 0 fully saturated rings. The van der Waals surface area contributed by atoms with Crippen molar-refractivity contribution < 1.29 is 13.9 Å². The average molecular weight is 254 g/mol. The number of carbonyl (C=O) groups excluding carboxylic acids is 1. The number of ether oxygens (including phenoxy) is 1. The Morgan fingerprint density at radius 2 is 2.22 bits per heavy atom. The van der Waals surface area contributed by atoms with E-state index in [4.69, 9.17) is 4.74 Å². The minimum Gasteiger partial charge on any atom is -0.483 e. The Hall–Kier alpha value is -1.62. The van der Waals surface area contributed by atoms with Crippen molar-refractivity contribution in [3.8, 4) is 5.75 Å². The second-order valence-corrected chi connectivity index (χ2v) is 3.92. The normalized spacial score (nSPS) is 12.0. The Morgan fingerprint density at radius 3 is 2.83 bits per heavy atom. The summed E-state index contributed by atoms with van der Waals surface area (Å²) in [5.74, 6) is -0.234. The largest absolute Gasteiger partial charge is 0.483 e. The van der Waals surface area contributed by atoms with Gasteiger partial charge in [0.05, 0.1) is 0 Å². The van der Waals surface area contributed by atoms with Crippen LogP contribution in [-0.2, 0) is 4.79 Å². The molecule has 0 heterocycles. The molecule has 0 aliphatic carbocycles. The summed E-state index contributed by atoms with van der Waals surface area (Å²) in [5.41, 5.74) is 0.835. The number of hydrogen-bond acceptors (Lipinski definition) is 3. The number of amides is 1. The minimum atomic E-state index is -0.380. The number of halogens is 1. The molecular formula is C13H19FN2O2. The summed E-state index contributed by atoms with van der Waals surface area (Å²) in [6.07, 6.45) is 0. The molecule has 0 spiro atoms. The van der Waals surface area contributed by atoms with E-state index in [1.807, 2.05) is 13.8 Å². The van der Waals surface area contributed by atoms with Crippen LogP contribution in [0.4, 0.5) is 4.39 Å². The van der Waals surface area contributed by atoms with Crippen LogP contribution < -0.4 is 15.4 Å². The lowest BCUT2D eigenvalue weighted by Crippen LogP contribution is -2.26. The Balaban J connectivity index is 2.85. The van der Waals surface area contributed by atoms with E-state index >= 15 is 0 Å². The quantitative estimate of drug-likeness (QED) is 0.811. The van der Waals surface area contributed by atoms with Gasteiger partial charge in [-0.25, -0.2) is 4.39 Å². The molecule has 0 bridgehead atoms. The van der Waals surface area contributed by atoms with Crippen LogP contribution in [0, 0.1) is 5.82 Å². The fourth-order valence-corrected chi connectivity index (χ4v) is 1.62. The highest BCUT2D eigenvalue weighted by atomic mass is 19.1. The zero-order valence-electron chi connectivity index (χ0n) is 10.9. The minimum absolute atomic E-state index is 0.0373. The van der Waals surface area contributed by atoms with Gasteiger partial charge in [0, 0.05) is 24.7 Å². The SMILES string of the molecule is CCNC(C)c1ccc(F)cc1OCC(=O)NC. The summed E-state index contributed by atoms with van der Waals surface area (Å²) < 4.78 is 18.5. The van der Waals surface area contributed by atoms with Gasteiger partial charge in [-0.15, -0.1) is 0 Å². The standard InChI is InChI=1S/C13H19FN2O2/c1-4-16-9(2)11-6-5-10(14)7-12(11)18-8-13(17)15-3/h5-7,9,16H,4,8H2,1-3H3,(H,15,17). The molecule has 0 saturated carbocycles. The summed E-state index contributed by atoms with van der Waals surface area (Å²) >= 11 is 0. The first-order chi connectivity index (χ1) is 8.58. The van der Waals surface area contributed by atoms with Gasteiger partial charge in [0.25, 0.3) is 5.91 Å². The van der Waals surface area contributed by atoms with Crippen LogP contribution in [0.15, 0.2) is 18.2 Å². The van der Waals surface area contributed by atoms with Crippen LogP contribution in [0.1, 0.15) is 25.5 Å². The molecule has 1 rings (SSSR count). The van der Waals surface area contributed by atoms with E-state index in [0.29, 0.717) is 5.75 Å². The van der Waals surface area contributed by atoms with Gasteiger partial charge >= 0.3 is 0 Å². The summed E-state index contributed by atoms with van der Waals surface area (Å²) in [4.78, 5) is 11.1. The number of hydrogen-bond donors (Lipinski definition) is 2. The lowest BCUT2D eigenvalue weighted by Gasteiger charge is -2.17. The van der Waals surface area contributed by atoms with Gasteiger partial charge in [-0.1, -0.05) is 13.0 Å². The second kappa shape index (κ2) is 6.96. The highest BCUT2D eigenvalue weighted by Gasteiger charge is 2.12. The van der Waals surface area contributed by atoms with Crippen LogP contribution in [0.3, 0.4) is 0 Å². The van der Waals surface area contributed by atoms with Gasteiger partial charge < -0.3 is 15.4 Å². The first kappa shape index (κ1) is 14.4. The topological polar surface area (TPSA) is 50.4 Å². The van der Waals surface area contributed by atoms with Gasteiger partial charge in [0.2, 0.25) is 0 Å². The first-order valence-corrected chi connectivity index (χ1v) is 5.94. The van der Waals surface area contributed by atoms with Gasteiger partial charge in [-0.2, -0.15) is 0 Å². The van der Waals surface area contributed by atoms with Crippen LogP contribution in [0.25, 0.3) is 0 Å². The molecule has 18 heavy (non-hydrogen) atoms. The molecule has 0 aromatic heterocycles. The van der Waals surface area contributed by atoms with Crippen LogP contribution in [-0.4, -0.2) is 26.1 Å². The van der Waals surface area contributed by atoms with E-state index in [1.54, 1.807) is 6.07 Å². The molecule has 0 aliphatic rings. The number of nitrogens with one attached hydrogen (secondary N) is 2. The smallest absolute Gasteiger partial charge is 0.257 e. The molecule has 0 aliphatic heterocycles. The third kappa shape index (κ3) is 4.00. The molecular weight excluding hydrogens is 235 g/mol. The van der Waals surface area contributed by atoms with E-state index in [0.717, 1.165) is 12.1 Å². The summed E-state index contributed by atoms with van der Waals surface area (Å²) in [7, 11) is 1.53. The van der Waals surface area contributed by atoms with Crippen molar-refractivity contribution in [1.29, 1.82) is 0 Å². The van der Waals surface area contributed by atoms with E-state index in [2.05, 4.69) is 10.6 Å². The maximum Gasteiger partial charge on any atom is 0.257 e. The van der Waals surface area contributed by atoms with Gasteiger partial charge in [0.1, 0.15) is 11.6 Å². The summed E-state index contributed by atoms with van der Waals surface area (Å²) in [5, 5.41) is 5.67. The summed E-state index contributed by atoms with van der Waals surface area (Å²) in [6.45, 7) is 4.63. The highest BCUT2D eigenvalue weighted by molar-refractivity contribution is 5.77. The first-order valence-electron chi connectivity index (χ1n) is 5.94. The molecule has 5 heteroatoms. The third-order valence-corrected chi connectivity index (χ3v) is 2.59. The van der Waals surface area contributed by atoms with E-state index in [1.165, 1.54) is 19.2 Å². The average Bonchev–Trinajstić information content (AvgIpc) is 2.36. The van der Waals surface area contributed by atoms with E-state index < -0.39 is 0 Å². The van der Waals surface area contributed by atoms with Crippen molar-refractivity contribution in [2.45, 2.75) is 19.9 Å². The van der Waals surface area contributed by atoms with Gasteiger partial charge in [0.15, 0.2) is 6.61 Å².